The Morgan fingerprint density at radius 1 is 1.48 bits per heavy atom. The van der Waals surface area contributed by atoms with Crippen LogP contribution in [0, 0.1) is 13.8 Å². The summed E-state index contributed by atoms with van der Waals surface area (Å²) in [6.07, 6.45) is 1.49. The molecule has 1 amide bonds. The van der Waals surface area contributed by atoms with Gasteiger partial charge in [-0.15, -0.1) is 0 Å². The molecule has 0 bridgehead atoms. The van der Waals surface area contributed by atoms with Crippen molar-refractivity contribution in [1.82, 2.24) is 14.8 Å². The van der Waals surface area contributed by atoms with Crippen LogP contribution in [0.1, 0.15) is 38.5 Å². The molecule has 0 saturated heterocycles. The smallest absolute Gasteiger partial charge is 0.350 e. The number of carbonyl (C=O) groups is 2. The van der Waals surface area contributed by atoms with Crippen molar-refractivity contribution in [2.45, 2.75) is 27.3 Å². The molecule has 8 heteroatoms. The molecule has 0 aliphatic heterocycles. The van der Waals surface area contributed by atoms with Gasteiger partial charge in [0.2, 0.25) is 0 Å². The second kappa shape index (κ2) is 7.19. The number of amides is 1. The van der Waals surface area contributed by atoms with E-state index in [0.29, 0.717) is 27.9 Å². The van der Waals surface area contributed by atoms with Crippen LogP contribution in [0.15, 0.2) is 18.7 Å². The summed E-state index contributed by atoms with van der Waals surface area (Å²) in [4.78, 5) is 28.8. The molecule has 7 nitrogen and oxygen atoms in total. The molecule has 122 valence electrons. The first-order valence-electron chi connectivity index (χ1n) is 7.07. The monoisotopic (exact) mass is 334 g/mol. The molecule has 0 radical (unpaired) electrons. The Hall–Kier alpha value is -2.48. The minimum absolute atomic E-state index is 0.132. The lowest BCUT2D eigenvalue weighted by atomic mass is 10.3. The SMILES string of the molecule is C=CCOC(=O)c1sc(NC(=O)c2cc(C)nn2CC)nc1C. The van der Waals surface area contributed by atoms with Crippen LogP contribution in [0.3, 0.4) is 0 Å². The van der Waals surface area contributed by atoms with Gasteiger partial charge in [-0.3, -0.25) is 14.8 Å². The van der Waals surface area contributed by atoms with Crippen molar-refractivity contribution in [1.29, 1.82) is 0 Å². The lowest BCUT2D eigenvalue weighted by Crippen LogP contribution is -2.17. The van der Waals surface area contributed by atoms with Gasteiger partial charge in [-0.1, -0.05) is 24.0 Å². The summed E-state index contributed by atoms with van der Waals surface area (Å²) < 4.78 is 6.60. The van der Waals surface area contributed by atoms with Gasteiger partial charge in [-0.25, -0.2) is 9.78 Å². The van der Waals surface area contributed by atoms with Gasteiger partial charge in [0.05, 0.1) is 11.4 Å². The Bertz CT molecular complexity index is 748. The lowest BCUT2D eigenvalue weighted by Gasteiger charge is -2.03. The second-order valence-electron chi connectivity index (χ2n) is 4.76. The largest absolute Gasteiger partial charge is 0.457 e. The predicted octanol–water partition coefficient (Wildman–Crippen LogP) is 2.57. The van der Waals surface area contributed by atoms with Gasteiger partial charge in [-0.05, 0) is 26.8 Å². The van der Waals surface area contributed by atoms with Crippen molar-refractivity contribution in [3.63, 3.8) is 0 Å². The Balaban J connectivity index is 2.15. The van der Waals surface area contributed by atoms with Gasteiger partial charge in [0.15, 0.2) is 5.13 Å². The molecule has 0 unspecified atom stereocenters. The van der Waals surface area contributed by atoms with E-state index in [4.69, 9.17) is 4.74 Å². The molecule has 0 atom stereocenters. The number of nitrogens with zero attached hydrogens (tertiary/aromatic N) is 3. The Morgan fingerprint density at radius 2 is 2.22 bits per heavy atom. The van der Waals surface area contributed by atoms with Crippen LogP contribution in [-0.2, 0) is 11.3 Å². The van der Waals surface area contributed by atoms with Crippen molar-refractivity contribution in [2.75, 3.05) is 11.9 Å². The van der Waals surface area contributed by atoms with E-state index in [9.17, 15) is 9.59 Å². The average molecular weight is 334 g/mol. The van der Waals surface area contributed by atoms with E-state index < -0.39 is 5.97 Å². The van der Waals surface area contributed by atoms with Crippen LogP contribution in [0.25, 0.3) is 0 Å². The van der Waals surface area contributed by atoms with Crippen molar-refractivity contribution in [2.24, 2.45) is 0 Å². The summed E-state index contributed by atoms with van der Waals surface area (Å²) in [5.74, 6) is -0.790. The third kappa shape index (κ3) is 3.84. The van der Waals surface area contributed by atoms with Crippen LogP contribution in [0.2, 0.25) is 0 Å². The quantitative estimate of drug-likeness (QED) is 0.648. The topological polar surface area (TPSA) is 86.1 Å². The van der Waals surface area contributed by atoms with Crippen LogP contribution >= 0.6 is 11.3 Å². The van der Waals surface area contributed by atoms with Gasteiger partial charge in [0, 0.05) is 6.54 Å². The molecule has 0 fully saturated rings. The first-order valence-corrected chi connectivity index (χ1v) is 7.89. The van der Waals surface area contributed by atoms with Crippen LogP contribution in [0.4, 0.5) is 5.13 Å². The van der Waals surface area contributed by atoms with E-state index in [1.54, 1.807) is 17.7 Å². The molecule has 2 aromatic rings. The van der Waals surface area contributed by atoms with Gasteiger partial charge in [-0.2, -0.15) is 5.10 Å². The highest BCUT2D eigenvalue weighted by molar-refractivity contribution is 7.17. The number of nitrogens with one attached hydrogen (secondary N) is 1. The normalized spacial score (nSPS) is 10.4. The fourth-order valence-corrected chi connectivity index (χ4v) is 2.83. The molecule has 2 rings (SSSR count). The lowest BCUT2D eigenvalue weighted by molar-refractivity contribution is 0.0554. The number of rotatable bonds is 6. The number of hydrogen-bond donors (Lipinski definition) is 1. The summed E-state index contributed by atoms with van der Waals surface area (Å²) in [6.45, 7) is 9.63. The summed E-state index contributed by atoms with van der Waals surface area (Å²) in [5.41, 5.74) is 1.73. The fourth-order valence-electron chi connectivity index (χ4n) is 1.97. The number of aromatic nitrogens is 3. The Morgan fingerprint density at radius 3 is 2.87 bits per heavy atom. The molecule has 0 aliphatic rings. The summed E-state index contributed by atoms with van der Waals surface area (Å²) in [7, 11) is 0. The number of thiazole rings is 1. The van der Waals surface area contributed by atoms with E-state index in [1.165, 1.54) is 6.08 Å². The third-order valence-electron chi connectivity index (χ3n) is 2.97. The summed E-state index contributed by atoms with van der Waals surface area (Å²) in [5, 5.41) is 7.28. The standard InChI is InChI=1S/C15H18N4O3S/c1-5-7-22-14(21)12-10(4)16-15(23-12)17-13(20)11-8-9(3)18-19(11)6-2/h5,8H,1,6-7H2,2-4H3,(H,16,17,20). The number of carbonyl (C=O) groups excluding carboxylic acids is 2. The van der Waals surface area contributed by atoms with Crippen LogP contribution < -0.4 is 5.32 Å². The van der Waals surface area contributed by atoms with Gasteiger partial charge < -0.3 is 4.74 Å². The highest BCUT2D eigenvalue weighted by Gasteiger charge is 2.19. The third-order valence-corrected chi connectivity index (χ3v) is 4.02. The van der Waals surface area contributed by atoms with Crippen molar-refractivity contribution < 1.29 is 14.3 Å². The molecule has 23 heavy (non-hydrogen) atoms. The summed E-state index contributed by atoms with van der Waals surface area (Å²) >= 11 is 1.08. The van der Waals surface area contributed by atoms with Crippen LogP contribution in [-0.4, -0.2) is 33.2 Å². The molecule has 0 saturated carbocycles. The fraction of sp³-hybridized carbons (Fsp3) is 0.333. The molecule has 0 aliphatic carbocycles. The van der Waals surface area contributed by atoms with Gasteiger partial charge in [0.1, 0.15) is 17.2 Å². The molecule has 2 aromatic heterocycles. The zero-order valence-electron chi connectivity index (χ0n) is 13.3. The minimum Gasteiger partial charge on any atom is -0.457 e. The molecular formula is C15H18N4O3S. The molecule has 2 heterocycles. The maximum Gasteiger partial charge on any atom is 0.350 e. The minimum atomic E-state index is -0.477. The molecule has 1 N–H and O–H groups in total. The average Bonchev–Trinajstić information content (AvgIpc) is 3.07. The van der Waals surface area contributed by atoms with Gasteiger partial charge >= 0.3 is 5.97 Å². The number of hydrogen-bond acceptors (Lipinski definition) is 6. The zero-order chi connectivity index (χ0) is 17.0. The first kappa shape index (κ1) is 16.9. The maximum atomic E-state index is 12.3. The number of esters is 1. The van der Waals surface area contributed by atoms with Crippen molar-refractivity contribution in [3.8, 4) is 0 Å². The van der Waals surface area contributed by atoms with Gasteiger partial charge in [0.25, 0.3) is 5.91 Å². The first-order chi connectivity index (χ1) is 11.0. The van der Waals surface area contributed by atoms with E-state index in [2.05, 4.69) is 22.0 Å². The van der Waals surface area contributed by atoms with Crippen LogP contribution in [0.5, 0.6) is 0 Å². The number of anilines is 1. The van der Waals surface area contributed by atoms with E-state index in [1.807, 2.05) is 13.8 Å². The highest BCUT2D eigenvalue weighted by Crippen LogP contribution is 2.24. The van der Waals surface area contributed by atoms with Crippen molar-refractivity contribution in [3.05, 3.63) is 40.7 Å². The van der Waals surface area contributed by atoms with E-state index in [-0.39, 0.29) is 12.5 Å². The van der Waals surface area contributed by atoms with E-state index >= 15 is 0 Å². The maximum absolute atomic E-state index is 12.3. The highest BCUT2D eigenvalue weighted by atomic mass is 32.1. The number of aryl methyl sites for hydroxylation is 3. The predicted molar refractivity (Wildman–Crippen MR) is 87.9 cm³/mol. The second-order valence-corrected chi connectivity index (χ2v) is 5.76. The molecule has 0 aromatic carbocycles. The molecular weight excluding hydrogens is 316 g/mol. The molecule has 0 spiro atoms. The Kier molecular flexibility index (Phi) is 5.28. The summed E-state index contributed by atoms with van der Waals surface area (Å²) in [6, 6.07) is 1.71. The van der Waals surface area contributed by atoms with E-state index in [0.717, 1.165) is 17.0 Å². The Labute approximate surface area is 138 Å². The van der Waals surface area contributed by atoms with Crippen molar-refractivity contribution >= 4 is 28.3 Å². The number of ether oxygens (including phenoxy) is 1. The zero-order valence-corrected chi connectivity index (χ0v) is 14.1.